The minimum atomic E-state index is -0.0260. The van der Waals surface area contributed by atoms with Crippen LogP contribution in [0.2, 0.25) is 0 Å². The minimum absolute atomic E-state index is 0.0260. The number of anilines is 2. The van der Waals surface area contributed by atoms with E-state index in [9.17, 15) is 0 Å². The lowest BCUT2D eigenvalue weighted by Gasteiger charge is -2.23. The third-order valence-electron chi connectivity index (χ3n) is 3.06. The number of alkyl halides is 1. The van der Waals surface area contributed by atoms with E-state index >= 15 is 0 Å². The van der Waals surface area contributed by atoms with Crippen LogP contribution in [0.1, 0.15) is 0 Å². The van der Waals surface area contributed by atoms with Crippen LogP contribution < -0.4 is 10.6 Å². The molecular weight excluding hydrogens is 295 g/mol. The molecule has 4 heteroatoms. The molecule has 0 saturated heterocycles. The Morgan fingerprint density at radius 2 is 1.59 bits per heavy atom. The molecule has 88 valence electrons. The van der Waals surface area contributed by atoms with Crippen molar-refractivity contribution in [1.29, 1.82) is 0 Å². The van der Waals surface area contributed by atoms with Gasteiger partial charge in [0, 0.05) is 34.4 Å². The summed E-state index contributed by atoms with van der Waals surface area (Å²) in [5, 5.41) is 10.9. The standard InChI is InChI=1S/C13H14BrN2P/c14-7-17-8-15-11-5-1-3-10-4-2-6-12(13(10)11)16-9-17/h1-6,15-16H,7-9H2. The first-order valence-corrected chi connectivity index (χ1v) is 8.68. The van der Waals surface area contributed by atoms with E-state index in [2.05, 4.69) is 63.0 Å². The van der Waals surface area contributed by atoms with Crippen molar-refractivity contribution in [2.75, 3.05) is 28.3 Å². The molecule has 0 amide bonds. The first-order chi connectivity index (χ1) is 8.38. The van der Waals surface area contributed by atoms with E-state index in [1.165, 1.54) is 22.1 Å². The summed E-state index contributed by atoms with van der Waals surface area (Å²) in [7, 11) is -0.0260. The highest BCUT2D eigenvalue weighted by molar-refractivity contribution is 9.10. The Morgan fingerprint density at radius 1 is 1.00 bits per heavy atom. The zero-order valence-corrected chi connectivity index (χ0v) is 11.9. The summed E-state index contributed by atoms with van der Waals surface area (Å²) in [6, 6.07) is 12.9. The Kier molecular flexibility index (Phi) is 3.21. The molecule has 0 aromatic heterocycles. The Labute approximate surface area is 111 Å². The second-order valence-electron chi connectivity index (χ2n) is 4.17. The molecular formula is C13H14BrN2P. The molecule has 0 saturated carbocycles. The van der Waals surface area contributed by atoms with Gasteiger partial charge in [0.2, 0.25) is 0 Å². The van der Waals surface area contributed by atoms with Gasteiger partial charge in [-0.05, 0) is 17.5 Å². The van der Waals surface area contributed by atoms with Crippen molar-refractivity contribution in [3.63, 3.8) is 0 Å². The van der Waals surface area contributed by atoms with E-state index in [1.54, 1.807) is 0 Å². The SMILES string of the molecule is BrCP1CNc2cccc3cccc(c23)NC1. The molecule has 0 fully saturated rings. The molecule has 0 aliphatic carbocycles. The predicted octanol–water partition coefficient (Wildman–Crippen LogP) is 4.43. The topological polar surface area (TPSA) is 24.1 Å². The smallest absolute Gasteiger partial charge is 0.0443 e. The minimum Gasteiger partial charge on any atom is -0.381 e. The lowest BCUT2D eigenvalue weighted by Crippen LogP contribution is -2.11. The van der Waals surface area contributed by atoms with Gasteiger partial charge in [-0.2, -0.15) is 0 Å². The Bertz CT molecular complexity index is 501. The maximum absolute atomic E-state index is 3.60. The zero-order valence-electron chi connectivity index (χ0n) is 9.41. The fourth-order valence-corrected chi connectivity index (χ4v) is 4.30. The Hall–Kier alpha value is -0.790. The third kappa shape index (κ3) is 2.14. The first-order valence-electron chi connectivity index (χ1n) is 5.66. The summed E-state index contributed by atoms with van der Waals surface area (Å²) >= 11 is 3.60. The molecule has 1 heterocycles. The van der Waals surface area contributed by atoms with Crippen LogP contribution in [0.4, 0.5) is 11.4 Å². The van der Waals surface area contributed by atoms with Gasteiger partial charge >= 0.3 is 0 Å². The van der Waals surface area contributed by atoms with E-state index in [4.69, 9.17) is 0 Å². The van der Waals surface area contributed by atoms with Crippen molar-refractivity contribution in [2.45, 2.75) is 0 Å². The van der Waals surface area contributed by atoms with Crippen LogP contribution in [0.15, 0.2) is 36.4 Å². The normalized spacial score (nSPS) is 15.8. The average molecular weight is 309 g/mol. The second-order valence-corrected chi connectivity index (χ2v) is 7.89. The summed E-state index contributed by atoms with van der Waals surface area (Å²) in [6.07, 6.45) is 2.14. The van der Waals surface area contributed by atoms with E-state index in [-0.39, 0.29) is 7.92 Å². The second kappa shape index (κ2) is 4.83. The van der Waals surface area contributed by atoms with Gasteiger partial charge in [0.25, 0.3) is 0 Å². The monoisotopic (exact) mass is 308 g/mol. The number of hydrogen-bond donors (Lipinski definition) is 2. The molecule has 3 rings (SSSR count). The Morgan fingerprint density at radius 3 is 2.12 bits per heavy atom. The number of nitrogens with one attached hydrogen (secondary N) is 2. The largest absolute Gasteiger partial charge is 0.381 e. The van der Waals surface area contributed by atoms with Crippen LogP contribution in [0.3, 0.4) is 0 Å². The first kappa shape index (κ1) is 11.3. The van der Waals surface area contributed by atoms with Crippen LogP contribution in [-0.2, 0) is 0 Å². The molecule has 0 bridgehead atoms. The highest BCUT2D eigenvalue weighted by atomic mass is 79.9. The van der Waals surface area contributed by atoms with Crippen molar-refractivity contribution in [1.82, 2.24) is 0 Å². The molecule has 1 aliphatic rings. The van der Waals surface area contributed by atoms with Gasteiger partial charge in [0.05, 0.1) is 0 Å². The number of benzene rings is 2. The fraction of sp³-hybridized carbons (Fsp3) is 0.231. The van der Waals surface area contributed by atoms with Crippen LogP contribution >= 0.6 is 23.9 Å². The number of hydrogen-bond acceptors (Lipinski definition) is 2. The predicted molar refractivity (Wildman–Crippen MR) is 81.6 cm³/mol. The quantitative estimate of drug-likeness (QED) is 0.601. The summed E-state index contributed by atoms with van der Waals surface area (Å²) in [4.78, 5) is 0. The van der Waals surface area contributed by atoms with Crippen molar-refractivity contribution in [3.8, 4) is 0 Å². The molecule has 2 aromatic rings. The highest BCUT2D eigenvalue weighted by Gasteiger charge is 2.13. The average Bonchev–Trinajstić information content (AvgIpc) is 2.36. The molecule has 0 spiro atoms. The van der Waals surface area contributed by atoms with E-state index in [0.29, 0.717) is 0 Å². The lowest BCUT2D eigenvalue weighted by molar-refractivity contribution is 1.37. The van der Waals surface area contributed by atoms with Crippen molar-refractivity contribution < 1.29 is 0 Å². The summed E-state index contributed by atoms with van der Waals surface area (Å²) in [5.41, 5.74) is 2.50. The maximum atomic E-state index is 3.60. The van der Waals surface area contributed by atoms with Crippen LogP contribution in [-0.4, -0.2) is 17.6 Å². The molecule has 17 heavy (non-hydrogen) atoms. The molecule has 2 aromatic carbocycles. The van der Waals surface area contributed by atoms with Crippen molar-refractivity contribution in [2.24, 2.45) is 0 Å². The van der Waals surface area contributed by atoms with Crippen LogP contribution in [0.5, 0.6) is 0 Å². The molecule has 2 N–H and O–H groups in total. The fourth-order valence-electron chi connectivity index (χ4n) is 2.17. The van der Waals surface area contributed by atoms with E-state index in [1.807, 2.05) is 0 Å². The Balaban J connectivity index is 2.13. The van der Waals surface area contributed by atoms with Crippen LogP contribution in [0, 0.1) is 0 Å². The molecule has 0 radical (unpaired) electrons. The van der Waals surface area contributed by atoms with Gasteiger partial charge in [0.1, 0.15) is 0 Å². The summed E-state index contributed by atoms with van der Waals surface area (Å²) in [6.45, 7) is 0. The lowest BCUT2D eigenvalue weighted by atomic mass is 10.1. The maximum Gasteiger partial charge on any atom is 0.0443 e. The van der Waals surface area contributed by atoms with Gasteiger partial charge in [-0.3, -0.25) is 0 Å². The van der Waals surface area contributed by atoms with Crippen molar-refractivity contribution >= 4 is 46.0 Å². The summed E-state index contributed by atoms with van der Waals surface area (Å²) in [5.74, 6) is 0. The van der Waals surface area contributed by atoms with Crippen LogP contribution in [0.25, 0.3) is 10.8 Å². The zero-order chi connectivity index (χ0) is 11.7. The molecule has 2 nitrogen and oxygen atoms in total. The molecule has 1 aliphatic heterocycles. The van der Waals surface area contributed by atoms with E-state index in [0.717, 1.165) is 17.6 Å². The van der Waals surface area contributed by atoms with Crippen molar-refractivity contribution in [3.05, 3.63) is 36.4 Å². The van der Waals surface area contributed by atoms with Gasteiger partial charge < -0.3 is 10.6 Å². The summed E-state index contributed by atoms with van der Waals surface area (Å²) < 4.78 is 0. The van der Waals surface area contributed by atoms with Gasteiger partial charge in [-0.15, -0.1) is 0 Å². The van der Waals surface area contributed by atoms with Gasteiger partial charge in [-0.25, -0.2) is 0 Å². The molecule has 0 atom stereocenters. The number of rotatable bonds is 1. The highest BCUT2D eigenvalue weighted by Crippen LogP contribution is 2.41. The number of halogens is 1. The van der Waals surface area contributed by atoms with Gasteiger partial charge in [0.15, 0.2) is 0 Å². The third-order valence-corrected chi connectivity index (χ3v) is 6.74. The van der Waals surface area contributed by atoms with Gasteiger partial charge in [-0.1, -0.05) is 48.1 Å². The van der Waals surface area contributed by atoms with E-state index < -0.39 is 0 Å². The molecule has 0 unspecified atom stereocenters.